The average molecular weight is 310 g/mol. The van der Waals surface area contributed by atoms with E-state index in [4.69, 9.17) is 44.8 Å². The highest BCUT2D eigenvalue weighted by Crippen LogP contribution is 2.26. The Morgan fingerprint density at radius 2 is 1.29 bits per heavy atom. The summed E-state index contributed by atoms with van der Waals surface area (Å²) in [6, 6.07) is 0. The van der Waals surface area contributed by atoms with E-state index >= 15 is 0 Å². The molecular weight excluding hydrogens is 288 g/mol. The number of fused-ring (bicyclic) bond motifs is 1. The van der Waals surface area contributed by atoms with Gasteiger partial charge in [0.05, 0.1) is 26.4 Å². The molecule has 8 atom stereocenters. The van der Waals surface area contributed by atoms with Gasteiger partial charge in [-0.3, -0.25) is 0 Å². The lowest BCUT2D eigenvalue weighted by Gasteiger charge is -2.18. The van der Waals surface area contributed by atoms with Crippen LogP contribution in [-0.4, -0.2) is 106 Å². The summed E-state index contributed by atoms with van der Waals surface area (Å²) in [6.07, 6.45) is -5.75. The van der Waals surface area contributed by atoms with Crippen LogP contribution in [0.1, 0.15) is 0 Å². The summed E-state index contributed by atoms with van der Waals surface area (Å²) < 4.78 is 15.0. The van der Waals surface area contributed by atoms with Gasteiger partial charge in [0.1, 0.15) is 48.8 Å². The Kier molecular flexibility index (Phi) is 5.88. The fourth-order valence-electron chi connectivity index (χ4n) is 2.53. The average Bonchev–Trinajstić information content (AvgIpc) is 3.12. The molecule has 3 rings (SSSR count). The van der Waals surface area contributed by atoms with E-state index < -0.39 is 43.2 Å². The van der Waals surface area contributed by atoms with Crippen molar-refractivity contribution in [1.29, 1.82) is 0 Å². The van der Waals surface area contributed by atoms with Gasteiger partial charge in [-0.05, 0) is 0 Å². The van der Waals surface area contributed by atoms with Crippen LogP contribution in [0, 0.1) is 0 Å². The zero-order valence-corrected chi connectivity index (χ0v) is 11.4. The molecule has 0 spiro atoms. The first-order valence-corrected chi connectivity index (χ1v) is 6.81. The third kappa shape index (κ3) is 3.70. The molecule has 6 N–H and O–H groups in total. The fourth-order valence-corrected chi connectivity index (χ4v) is 2.53. The van der Waals surface area contributed by atoms with Crippen LogP contribution >= 0.6 is 0 Å². The van der Waals surface area contributed by atoms with Crippen LogP contribution in [0.5, 0.6) is 0 Å². The topological polar surface area (TPSA) is 149 Å². The summed E-state index contributed by atoms with van der Waals surface area (Å²) in [5, 5.41) is 53.8. The van der Waals surface area contributed by atoms with Crippen molar-refractivity contribution in [3.05, 3.63) is 0 Å². The molecule has 3 aliphatic heterocycles. The molecule has 3 aliphatic rings. The lowest BCUT2D eigenvalue weighted by Crippen LogP contribution is -2.40. The summed E-state index contributed by atoms with van der Waals surface area (Å²) >= 11 is 0. The molecule has 0 aromatic heterocycles. The van der Waals surface area contributed by atoms with Gasteiger partial charge in [0.2, 0.25) is 0 Å². The Hall–Kier alpha value is -0.360. The minimum Gasteiger partial charge on any atom is -0.394 e. The van der Waals surface area contributed by atoms with Crippen molar-refractivity contribution in [2.75, 3.05) is 26.4 Å². The van der Waals surface area contributed by atoms with Crippen molar-refractivity contribution in [2.24, 2.45) is 0 Å². The standard InChI is InChI=1S/C6H12O5.C6H10O4/c7-1-3(8)6-5(10)4(9)2-11-6;7-3-1-9-6-4(8)2-10-5(3)6/h3-10H,1-2H2;3-8H,1-2H2/t3?,4?,5-,6?;/m0./s1. The lowest BCUT2D eigenvalue weighted by molar-refractivity contribution is -0.0684. The van der Waals surface area contributed by atoms with Gasteiger partial charge in [-0.2, -0.15) is 0 Å². The highest BCUT2D eigenvalue weighted by atomic mass is 16.6. The largest absolute Gasteiger partial charge is 0.394 e. The Morgan fingerprint density at radius 1 is 0.810 bits per heavy atom. The molecule has 0 aromatic rings. The number of aliphatic hydroxyl groups excluding tert-OH is 6. The van der Waals surface area contributed by atoms with Gasteiger partial charge >= 0.3 is 0 Å². The van der Waals surface area contributed by atoms with E-state index in [1.807, 2.05) is 0 Å². The molecule has 21 heavy (non-hydrogen) atoms. The lowest BCUT2D eigenvalue weighted by atomic mass is 10.1. The van der Waals surface area contributed by atoms with E-state index in [2.05, 4.69) is 0 Å². The van der Waals surface area contributed by atoms with Crippen LogP contribution in [0.4, 0.5) is 0 Å². The predicted molar refractivity (Wildman–Crippen MR) is 66.3 cm³/mol. The number of hydrogen-bond acceptors (Lipinski definition) is 9. The maximum Gasteiger partial charge on any atom is 0.114 e. The molecule has 0 bridgehead atoms. The maximum atomic E-state index is 9.16. The Morgan fingerprint density at radius 3 is 1.67 bits per heavy atom. The number of hydrogen-bond donors (Lipinski definition) is 6. The summed E-state index contributed by atoms with van der Waals surface area (Å²) in [5.74, 6) is 0. The van der Waals surface area contributed by atoms with Crippen LogP contribution in [0.15, 0.2) is 0 Å². The molecule has 0 amide bonds. The Labute approximate surface area is 121 Å². The third-order valence-electron chi connectivity index (χ3n) is 3.76. The maximum absolute atomic E-state index is 9.16. The van der Waals surface area contributed by atoms with E-state index in [0.29, 0.717) is 0 Å². The van der Waals surface area contributed by atoms with Gasteiger partial charge < -0.3 is 44.8 Å². The monoisotopic (exact) mass is 310 g/mol. The quantitative estimate of drug-likeness (QED) is 0.300. The molecule has 124 valence electrons. The summed E-state index contributed by atoms with van der Waals surface area (Å²) in [4.78, 5) is 0. The van der Waals surface area contributed by atoms with Crippen LogP contribution in [-0.2, 0) is 14.2 Å². The first kappa shape index (κ1) is 17.0. The van der Waals surface area contributed by atoms with Gasteiger partial charge in [0.15, 0.2) is 0 Å². The first-order chi connectivity index (χ1) is 9.95. The zero-order valence-electron chi connectivity index (χ0n) is 11.4. The molecule has 9 nitrogen and oxygen atoms in total. The number of aliphatic hydroxyl groups is 6. The predicted octanol–water partition coefficient (Wildman–Crippen LogP) is -4.03. The number of ether oxygens (including phenoxy) is 3. The van der Waals surface area contributed by atoms with Gasteiger partial charge in [0, 0.05) is 0 Å². The molecule has 9 heteroatoms. The molecule has 0 aliphatic carbocycles. The van der Waals surface area contributed by atoms with Crippen molar-refractivity contribution < 1.29 is 44.8 Å². The van der Waals surface area contributed by atoms with Crippen molar-refractivity contribution >= 4 is 0 Å². The van der Waals surface area contributed by atoms with E-state index in [1.54, 1.807) is 0 Å². The minimum absolute atomic E-state index is 0.00287. The fraction of sp³-hybridized carbons (Fsp3) is 1.00. The minimum atomic E-state index is -1.12. The molecule has 0 radical (unpaired) electrons. The molecule has 0 saturated carbocycles. The van der Waals surface area contributed by atoms with Crippen molar-refractivity contribution in [1.82, 2.24) is 0 Å². The van der Waals surface area contributed by atoms with Gasteiger partial charge in [-0.15, -0.1) is 0 Å². The molecule has 0 aromatic carbocycles. The number of rotatable bonds is 2. The van der Waals surface area contributed by atoms with E-state index in [-0.39, 0.29) is 32.0 Å². The summed E-state index contributed by atoms with van der Waals surface area (Å²) in [6.45, 7) is 0.0934. The second-order valence-corrected chi connectivity index (χ2v) is 5.34. The van der Waals surface area contributed by atoms with E-state index in [0.717, 1.165) is 0 Å². The molecule has 3 fully saturated rings. The van der Waals surface area contributed by atoms with Crippen LogP contribution in [0.25, 0.3) is 0 Å². The molecule has 7 unspecified atom stereocenters. The molecular formula is C12H22O9. The summed E-state index contributed by atoms with van der Waals surface area (Å²) in [7, 11) is 0. The Bertz CT molecular complexity index is 312. The SMILES string of the molecule is OC1COC2C(O)COC12.OCC(O)C1OCC(O)[C@@H]1O. The van der Waals surface area contributed by atoms with Crippen LogP contribution in [0.2, 0.25) is 0 Å². The van der Waals surface area contributed by atoms with Crippen molar-refractivity contribution in [3.63, 3.8) is 0 Å². The molecule has 3 heterocycles. The molecule has 3 saturated heterocycles. The normalized spacial score (nSPS) is 46.9. The smallest absolute Gasteiger partial charge is 0.114 e. The third-order valence-corrected chi connectivity index (χ3v) is 3.76. The summed E-state index contributed by atoms with van der Waals surface area (Å²) in [5.41, 5.74) is 0. The van der Waals surface area contributed by atoms with Crippen LogP contribution < -0.4 is 0 Å². The van der Waals surface area contributed by atoms with Gasteiger partial charge in [-0.1, -0.05) is 0 Å². The highest BCUT2D eigenvalue weighted by Gasteiger charge is 2.46. The Balaban J connectivity index is 0.000000154. The highest BCUT2D eigenvalue weighted by molar-refractivity contribution is 4.93. The second-order valence-electron chi connectivity index (χ2n) is 5.34. The van der Waals surface area contributed by atoms with E-state index in [9.17, 15) is 0 Å². The van der Waals surface area contributed by atoms with Gasteiger partial charge in [-0.25, -0.2) is 0 Å². The van der Waals surface area contributed by atoms with Gasteiger partial charge in [0.25, 0.3) is 0 Å². The van der Waals surface area contributed by atoms with Crippen molar-refractivity contribution in [2.45, 2.75) is 48.8 Å². The van der Waals surface area contributed by atoms with Crippen LogP contribution in [0.3, 0.4) is 0 Å². The zero-order chi connectivity index (χ0) is 15.6. The van der Waals surface area contributed by atoms with E-state index in [1.165, 1.54) is 0 Å². The van der Waals surface area contributed by atoms with Crippen molar-refractivity contribution in [3.8, 4) is 0 Å². The first-order valence-electron chi connectivity index (χ1n) is 6.81. The second kappa shape index (κ2) is 7.27.